The maximum absolute atomic E-state index is 13.0. The fraction of sp³-hybridized carbons (Fsp3) is 0.364. The topological polar surface area (TPSA) is 91.4 Å². The number of rotatable bonds is 6. The maximum Gasteiger partial charge on any atom is 0.271 e. The largest absolute Gasteiger partial charge is 0.346 e. The number of nitrogens with one attached hydrogen (secondary N) is 2. The third-order valence-corrected chi connectivity index (χ3v) is 8.22. The first kappa shape index (κ1) is 20.4. The van der Waals surface area contributed by atoms with Gasteiger partial charge in [-0.2, -0.15) is 4.37 Å². The zero-order valence-electron chi connectivity index (χ0n) is 17.0. The van der Waals surface area contributed by atoms with E-state index in [9.17, 15) is 13.2 Å². The SMILES string of the molecule is O=C(N[C@@H]1CN2CCC1CC2)c1nsc2ccc(NS(=O)(=O)Cc3ccccc3)cc12. The van der Waals surface area contributed by atoms with Crippen molar-refractivity contribution in [2.24, 2.45) is 5.92 Å². The second kappa shape index (κ2) is 8.22. The molecule has 7 nitrogen and oxygen atoms in total. The number of anilines is 1. The van der Waals surface area contributed by atoms with Gasteiger partial charge in [-0.1, -0.05) is 30.3 Å². The highest BCUT2D eigenvalue weighted by molar-refractivity contribution is 7.91. The smallest absolute Gasteiger partial charge is 0.271 e. The number of fused-ring (bicyclic) bond motifs is 4. The summed E-state index contributed by atoms with van der Waals surface area (Å²) in [6.45, 7) is 3.12. The van der Waals surface area contributed by atoms with Gasteiger partial charge in [0.05, 0.1) is 10.5 Å². The number of sulfonamides is 1. The lowest BCUT2D eigenvalue weighted by Crippen LogP contribution is -2.57. The van der Waals surface area contributed by atoms with Crippen LogP contribution < -0.4 is 10.0 Å². The highest BCUT2D eigenvalue weighted by atomic mass is 32.2. The molecule has 1 atom stereocenters. The van der Waals surface area contributed by atoms with E-state index in [-0.39, 0.29) is 17.7 Å². The first-order valence-corrected chi connectivity index (χ1v) is 12.9. The molecule has 3 saturated heterocycles. The fourth-order valence-corrected chi connectivity index (χ4v) is 6.48. The number of hydrogen-bond donors (Lipinski definition) is 2. The molecule has 2 bridgehead atoms. The van der Waals surface area contributed by atoms with Gasteiger partial charge in [-0.3, -0.25) is 9.52 Å². The van der Waals surface area contributed by atoms with Crippen LogP contribution in [0.1, 0.15) is 28.9 Å². The zero-order valence-corrected chi connectivity index (χ0v) is 18.6. The van der Waals surface area contributed by atoms with Gasteiger partial charge in [-0.15, -0.1) is 0 Å². The molecule has 0 aliphatic carbocycles. The van der Waals surface area contributed by atoms with Gasteiger partial charge in [0.25, 0.3) is 5.91 Å². The number of nitrogens with zero attached hydrogens (tertiary/aromatic N) is 2. The number of carbonyl (C=O) groups is 1. The summed E-state index contributed by atoms with van der Waals surface area (Å²) in [7, 11) is -3.57. The van der Waals surface area contributed by atoms with Gasteiger partial charge >= 0.3 is 0 Å². The predicted octanol–water partition coefficient (Wildman–Crippen LogP) is 3.06. The Kier molecular flexibility index (Phi) is 5.41. The highest BCUT2D eigenvalue weighted by Crippen LogP contribution is 2.30. The van der Waals surface area contributed by atoms with Crippen LogP contribution in [0.2, 0.25) is 0 Å². The van der Waals surface area contributed by atoms with E-state index in [4.69, 9.17) is 0 Å². The molecule has 6 rings (SSSR count). The second-order valence-corrected chi connectivity index (χ2v) is 10.8. The molecule has 3 aliphatic heterocycles. The van der Waals surface area contributed by atoms with E-state index in [1.54, 1.807) is 30.3 Å². The number of benzene rings is 2. The zero-order chi connectivity index (χ0) is 21.4. The van der Waals surface area contributed by atoms with Crippen molar-refractivity contribution < 1.29 is 13.2 Å². The first-order valence-electron chi connectivity index (χ1n) is 10.4. The van der Waals surface area contributed by atoms with Crippen molar-refractivity contribution in [2.75, 3.05) is 24.4 Å². The predicted molar refractivity (Wildman–Crippen MR) is 123 cm³/mol. The Labute approximate surface area is 185 Å². The van der Waals surface area contributed by atoms with Gasteiger partial charge in [0.15, 0.2) is 0 Å². The second-order valence-electron chi connectivity index (χ2n) is 8.31. The molecule has 0 spiro atoms. The van der Waals surface area contributed by atoms with E-state index in [2.05, 4.69) is 19.3 Å². The molecule has 2 N–H and O–H groups in total. The average molecular weight is 457 g/mol. The Morgan fingerprint density at radius 3 is 2.61 bits per heavy atom. The molecule has 3 aromatic rings. The van der Waals surface area contributed by atoms with Crippen molar-refractivity contribution in [1.29, 1.82) is 0 Å². The summed E-state index contributed by atoms with van der Waals surface area (Å²) in [6.07, 6.45) is 2.24. The van der Waals surface area contributed by atoms with Crippen LogP contribution in [0.15, 0.2) is 48.5 Å². The minimum absolute atomic E-state index is 0.110. The van der Waals surface area contributed by atoms with E-state index < -0.39 is 10.0 Å². The Bertz CT molecular complexity index is 1200. The summed E-state index contributed by atoms with van der Waals surface area (Å²) in [4.78, 5) is 15.4. The Morgan fingerprint density at radius 2 is 1.90 bits per heavy atom. The minimum atomic E-state index is -3.57. The van der Waals surface area contributed by atoms with Crippen molar-refractivity contribution in [3.05, 3.63) is 59.8 Å². The molecular formula is C22H24N4O3S2. The molecule has 3 aliphatic rings. The van der Waals surface area contributed by atoms with E-state index in [0.29, 0.717) is 28.2 Å². The molecule has 4 heterocycles. The summed E-state index contributed by atoms with van der Waals surface area (Å²) in [5.41, 5.74) is 1.51. The third kappa shape index (κ3) is 4.44. The van der Waals surface area contributed by atoms with Crippen LogP contribution >= 0.6 is 11.5 Å². The van der Waals surface area contributed by atoms with Crippen molar-refractivity contribution in [2.45, 2.75) is 24.6 Å². The number of aromatic nitrogens is 1. The van der Waals surface area contributed by atoms with Crippen LogP contribution in [0.5, 0.6) is 0 Å². The lowest BCUT2D eigenvalue weighted by atomic mass is 9.84. The van der Waals surface area contributed by atoms with Gasteiger partial charge in [-0.05, 0) is 67.1 Å². The molecule has 0 unspecified atom stereocenters. The quantitative estimate of drug-likeness (QED) is 0.595. The van der Waals surface area contributed by atoms with Gasteiger partial charge in [0.2, 0.25) is 10.0 Å². The monoisotopic (exact) mass is 456 g/mol. The highest BCUT2D eigenvalue weighted by Gasteiger charge is 2.35. The van der Waals surface area contributed by atoms with Crippen LogP contribution in [0.4, 0.5) is 5.69 Å². The van der Waals surface area contributed by atoms with Gasteiger partial charge in [0, 0.05) is 23.7 Å². The van der Waals surface area contributed by atoms with E-state index in [0.717, 1.165) is 37.2 Å². The number of piperidine rings is 3. The van der Waals surface area contributed by atoms with Crippen molar-refractivity contribution in [1.82, 2.24) is 14.6 Å². The summed E-state index contributed by atoms with van der Waals surface area (Å²) in [6, 6.07) is 14.4. The van der Waals surface area contributed by atoms with E-state index >= 15 is 0 Å². The lowest BCUT2D eigenvalue weighted by Gasteiger charge is -2.44. The summed E-state index contributed by atoms with van der Waals surface area (Å²) in [5.74, 6) is 0.231. The summed E-state index contributed by atoms with van der Waals surface area (Å²) in [5, 5.41) is 3.84. The summed E-state index contributed by atoms with van der Waals surface area (Å²) < 4.78 is 33.0. The maximum atomic E-state index is 13.0. The molecule has 3 fully saturated rings. The number of carbonyl (C=O) groups excluding carboxylic acids is 1. The van der Waals surface area contributed by atoms with Crippen molar-refractivity contribution in [3.63, 3.8) is 0 Å². The number of hydrogen-bond acceptors (Lipinski definition) is 6. The molecule has 0 radical (unpaired) electrons. The van der Waals surface area contributed by atoms with Crippen LogP contribution in [-0.2, 0) is 15.8 Å². The van der Waals surface area contributed by atoms with Crippen LogP contribution in [0.3, 0.4) is 0 Å². The third-order valence-electron chi connectivity index (χ3n) is 6.13. The van der Waals surface area contributed by atoms with Gasteiger partial charge in [0.1, 0.15) is 5.69 Å². The Balaban J connectivity index is 1.34. The average Bonchev–Trinajstić information content (AvgIpc) is 3.18. The molecule has 0 saturated carbocycles. The normalized spacial score (nSPS) is 23.0. The summed E-state index contributed by atoms with van der Waals surface area (Å²) >= 11 is 1.25. The Morgan fingerprint density at radius 1 is 1.13 bits per heavy atom. The minimum Gasteiger partial charge on any atom is -0.346 e. The molecule has 31 heavy (non-hydrogen) atoms. The molecule has 9 heteroatoms. The lowest BCUT2D eigenvalue weighted by molar-refractivity contribution is 0.0619. The van der Waals surface area contributed by atoms with E-state index in [1.165, 1.54) is 11.5 Å². The van der Waals surface area contributed by atoms with Crippen molar-refractivity contribution >= 4 is 43.2 Å². The molecule has 162 valence electrons. The van der Waals surface area contributed by atoms with E-state index in [1.807, 2.05) is 18.2 Å². The molecule has 2 aromatic carbocycles. The molecule has 1 amide bonds. The standard InChI is InChI=1S/C22H24N4O3S2/c27-22(23-19-13-26-10-8-16(19)9-11-26)21-18-12-17(6-7-20(18)30-24-21)25-31(28,29)14-15-4-2-1-3-5-15/h1-7,12,16,19,25H,8-11,13-14H2,(H,23,27)/t19-/m1/s1. The Hall–Kier alpha value is -2.49. The van der Waals surface area contributed by atoms with Gasteiger partial charge < -0.3 is 10.2 Å². The molecule has 1 aromatic heterocycles. The number of amides is 1. The van der Waals surface area contributed by atoms with Crippen molar-refractivity contribution in [3.8, 4) is 0 Å². The van der Waals surface area contributed by atoms with Crippen LogP contribution in [0, 0.1) is 5.92 Å². The van der Waals surface area contributed by atoms with Crippen LogP contribution in [-0.4, -0.2) is 49.3 Å². The molecular weight excluding hydrogens is 432 g/mol. The first-order chi connectivity index (χ1) is 15.0. The van der Waals surface area contributed by atoms with Crippen LogP contribution in [0.25, 0.3) is 10.1 Å². The van der Waals surface area contributed by atoms with Gasteiger partial charge in [-0.25, -0.2) is 8.42 Å². The fourth-order valence-electron chi connectivity index (χ4n) is 4.54.